The van der Waals surface area contributed by atoms with Crippen molar-refractivity contribution in [1.82, 2.24) is 4.90 Å². The van der Waals surface area contributed by atoms with Crippen molar-refractivity contribution in [2.24, 2.45) is 5.92 Å². The maximum atomic E-state index is 13.1. The minimum absolute atomic E-state index is 0.0984. The number of benzene rings is 1. The first-order valence-corrected chi connectivity index (χ1v) is 7.51. The summed E-state index contributed by atoms with van der Waals surface area (Å²) in [5.41, 5.74) is 0.660. The second-order valence-corrected chi connectivity index (χ2v) is 6.28. The zero-order valence-electron chi connectivity index (χ0n) is 12.7. The molecule has 0 saturated carbocycles. The van der Waals surface area contributed by atoms with Crippen LogP contribution in [0.3, 0.4) is 0 Å². The van der Waals surface area contributed by atoms with Crippen LogP contribution < -0.4 is 0 Å². The molecule has 3 rings (SSSR count). The van der Waals surface area contributed by atoms with E-state index in [1.807, 2.05) is 4.90 Å². The lowest BCUT2D eigenvalue weighted by atomic mass is 9.78. The van der Waals surface area contributed by atoms with E-state index in [1.54, 1.807) is 25.3 Å². The van der Waals surface area contributed by atoms with Crippen molar-refractivity contribution in [3.8, 4) is 0 Å². The van der Waals surface area contributed by atoms with Crippen LogP contribution in [0.15, 0.2) is 30.3 Å². The Bertz CT molecular complexity index is 670. The third-order valence-corrected chi connectivity index (χ3v) is 5.17. The summed E-state index contributed by atoms with van der Waals surface area (Å²) >= 11 is 0. The molecule has 1 aromatic carbocycles. The summed E-state index contributed by atoms with van der Waals surface area (Å²) in [5, 5.41) is 18.9. The maximum Gasteiger partial charge on any atom is 0.320 e. The smallest absolute Gasteiger partial charge is 0.320 e. The van der Waals surface area contributed by atoms with E-state index in [9.17, 15) is 24.2 Å². The molecule has 0 aliphatic carbocycles. The van der Waals surface area contributed by atoms with Gasteiger partial charge in [-0.1, -0.05) is 18.2 Å². The van der Waals surface area contributed by atoms with Gasteiger partial charge in [0.1, 0.15) is 5.82 Å². The Balaban J connectivity index is 2.09. The number of carbonyl (C=O) groups is 2. The molecular weight excluding hydrogens is 301 g/mol. The van der Waals surface area contributed by atoms with Gasteiger partial charge in [-0.25, -0.2) is 4.39 Å². The molecule has 1 fully saturated rings. The van der Waals surface area contributed by atoms with E-state index in [2.05, 4.69) is 0 Å². The van der Waals surface area contributed by atoms with Crippen LogP contribution in [0.5, 0.6) is 0 Å². The number of hydrogen-bond acceptors (Lipinski definition) is 3. The van der Waals surface area contributed by atoms with Crippen molar-refractivity contribution in [2.45, 2.75) is 30.8 Å². The molecule has 6 heteroatoms. The highest BCUT2D eigenvalue weighted by atomic mass is 19.1. The number of fused-ring (bicyclic) bond motifs is 2. The topological polar surface area (TPSA) is 77.8 Å². The summed E-state index contributed by atoms with van der Waals surface area (Å²) in [6.45, 7) is 0. The first-order chi connectivity index (χ1) is 10.8. The lowest BCUT2D eigenvalue weighted by Crippen LogP contribution is -2.56. The Morgan fingerprint density at radius 2 is 1.87 bits per heavy atom. The van der Waals surface area contributed by atoms with Crippen LogP contribution in [0.4, 0.5) is 4.39 Å². The van der Waals surface area contributed by atoms with Crippen LogP contribution in [0.2, 0.25) is 0 Å². The number of likely N-dealkylation sites (N-methyl/N-ethyl adjacent to an activating group) is 1. The van der Waals surface area contributed by atoms with Crippen LogP contribution in [0, 0.1) is 11.7 Å². The van der Waals surface area contributed by atoms with Crippen molar-refractivity contribution in [3.63, 3.8) is 0 Å². The quantitative estimate of drug-likeness (QED) is 0.832. The highest BCUT2D eigenvalue weighted by Gasteiger charge is 2.56. The first-order valence-electron chi connectivity index (χ1n) is 7.51. The van der Waals surface area contributed by atoms with Gasteiger partial charge < -0.3 is 10.2 Å². The summed E-state index contributed by atoms with van der Waals surface area (Å²) < 4.78 is 13.1. The highest BCUT2D eigenvalue weighted by Crippen LogP contribution is 2.48. The zero-order valence-corrected chi connectivity index (χ0v) is 12.7. The van der Waals surface area contributed by atoms with E-state index in [1.165, 1.54) is 12.1 Å². The number of aliphatic carboxylic acids is 2. The third kappa shape index (κ3) is 2.43. The number of carboxylic acid groups (broad SMARTS) is 2. The SMILES string of the molecule is CN1C2CCC1(C(C(=O)O)C(=O)O)C=C(c1ccc(F)cc1)C2. The van der Waals surface area contributed by atoms with Gasteiger partial charge in [-0.3, -0.25) is 14.5 Å². The van der Waals surface area contributed by atoms with E-state index in [0.717, 1.165) is 17.6 Å². The first kappa shape index (κ1) is 15.7. The summed E-state index contributed by atoms with van der Waals surface area (Å²) in [4.78, 5) is 25.0. The molecule has 2 N–H and O–H groups in total. The molecule has 2 unspecified atom stereocenters. The Kier molecular flexibility index (Phi) is 3.72. The molecule has 2 aliphatic rings. The van der Waals surface area contributed by atoms with Crippen molar-refractivity contribution < 1.29 is 24.2 Å². The van der Waals surface area contributed by atoms with Gasteiger partial charge in [-0.2, -0.15) is 0 Å². The highest BCUT2D eigenvalue weighted by molar-refractivity contribution is 5.96. The maximum absolute atomic E-state index is 13.1. The van der Waals surface area contributed by atoms with Gasteiger partial charge in [0.25, 0.3) is 0 Å². The van der Waals surface area contributed by atoms with Crippen LogP contribution >= 0.6 is 0 Å². The van der Waals surface area contributed by atoms with Crippen LogP contribution in [-0.4, -0.2) is 45.7 Å². The Hall–Kier alpha value is -2.21. The lowest BCUT2D eigenvalue weighted by molar-refractivity contribution is -0.160. The summed E-state index contributed by atoms with van der Waals surface area (Å²) in [5.74, 6) is -4.52. The second-order valence-electron chi connectivity index (χ2n) is 6.28. The minimum atomic E-state index is -1.52. The summed E-state index contributed by atoms with van der Waals surface area (Å²) in [7, 11) is 1.79. The molecule has 2 heterocycles. The van der Waals surface area contributed by atoms with E-state index in [4.69, 9.17) is 0 Å². The molecule has 1 aromatic rings. The lowest BCUT2D eigenvalue weighted by Gasteiger charge is -2.43. The Morgan fingerprint density at radius 1 is 1.26 bits per heavy atom. The van der Waals surface area contributed by atoms with Crippen molar-refractivity contribution in [3.05, 3.63) is 41.7 Å². The van der Waals surface area contributed by atoms with Gasteiger partial charge in [-0.05, 0) is 49.6 Å². The number of halogens is 1. The van der Waals surface area contributed by atoms with Crippen molar-refractivity contribution >= 4 is 17.5 Å². The molecule has 2 atom stereocenters. The van der Waals surface area contributed by atoms with Crippen molar-refractivity contribution in [1.29, 1.82) is 0 Å². The normalized spacial score (nSPS) is 27.1. The molecule has 23 heavy (non-hydrogen) atoms. The molecule has 5 nitrogen and oxygen atoms in total. The number of rotatable bonds is 4. The van der Waals surface area contributed by atoms with Gasteiger partial charge in [0.2, 0.25) is 0 Å². The fraction of sp³-hybridized carbons (Fsp3) is 0.412. The average Bonchev–Trinajstić information content (AvgIpc) is 2.68. The van der Waals surface area contributed by atoms with Crippen LogP contribution in [0.25, 0.3) is 5.57 Å². The van der Waals surface area contributed by atoms with Crippen LogP contribution in [0.1, 0.15) is 24.8 Å². The van der Waals surface area contributed by atoms with Gasteiger partial charge in [0.15, 0.2) is 5.92 Å². The fourth-order valence-electron chi connectivity index (χ4n) is 3.96. The third-order valence-electron chi connectivity index (χ3n) is 5.17. The van der Waals surface area contributed by atoms with E-state index < -0.39 is 23.4 Å². The van der Waals surface area contributed by atoms with Crippen LogP contribution in [-0.2, 0) is 9.59 Å². The molecule has 2 aliphatic heterocycles. The summed E-state index contributed by atoms with van der Waals surface area (Å²) in [6, 6.07) is 6.11. The minimum Gasteiger partial charge on any atom is -0.481 e. The summed E-state index contributed by atoms with van der Waals surface area (Å²) in [6.07, 6.45) is 3.71. The number of hydrogen-bond donors (Lipinski definition) is 2. The van der Waals surface area contributed by atoms with Gasteiger partial charge in [0, 0.05) is 6.04 Å². The predicted octanol–water partition coefficient (Wildman–Crippen LogP) is 2.23. The number of nitrogens with zero attached hydrogens (tertiary/aromatic N) is 1. The molecule has 1 saturated heterocycles. The van der Waals surface area contributed by atoms with E-state index >= 15 is 0 Å². The van der Waals surface area contributed by atoms with Gasteiger partial charge >= 0.3 is 11.9 Å². The largest absolute Gasteiger partial charge is 0.481 e. The molecule has 2 bridgehead atoms. The molecule has 0 radical (unpaired) electrons. The monoisotopic (exact) mass is 319 g/mol. The molecule has 0 amide bonds. The van der Waals surface area contributed by atoms with E-state index in [-0.39, 0.29) is 11.9 Å². The van der Waals surface area contributed by atoms with E-state index in [0.29, 0.717) is 12.8 Å². The molecular formula is C17H18FNO4. The van der Waals surface area contributed by atoms with Gasteiger partial charge in [-0.15, -0.1) is 0 Å². The van der Waals surface area contributed by atoms with Gasteiger partial charge in [0.05, 0.1) is 5.54 Å². The molecule has 0 spiro atoms. The molecule has 0 aromatic heterocycles. The van der Waals surface area contributed by atoms with Crippen molar-refractivity contribution in [2.75, 3.05) is 7.05 Å². The Labute approximate surface area is 133 Å². The predicted molar refractivity (Wildman–Crippen MR) is 81.3 cm³/mol. The average molecular weight is 319 g/mol. The second kappa shape index (κ2) is 5.45. The standard InChI is InChI=1S/C17H18FNO4/c1-19-13-6-7-17(19,14(15(20)21)16(22)23)9-11(8-13)10-2-4-12(18)5-3-10/h2-5,9,13-14H,6-8H2,1H3,(H,20,21)(H,22,23). The zero-order chi connectivity index (χ0) is 16.8. The molecule has 122 valence electrons. The number of carboxylic acids is 2. The fourth-order valence-corrected chi connectivity index (χ4v) is 3.96. The Morgan fingerprint density at radius 3 is 2.43 bits per heavy atom.